The van der Waals surface area contributed by atoms with Crippen molar-refractivity contribution in [3.63, 3.8) is 0 Å². The van der Waals surface area contributed by atoms with Gasteiger partial charge < -0.3 is 4.74 Å². The second kappa shape index (κ2) is 5.61. The first-order valence-corrected chi connectivity index (χ1v) is 5.91. The Labute approximate surface area is 111 Å². The molecule has 98 valence electrons. The van der Waals surface area contributed by atoms with E-state index in [0.717, 1.165) is 11.1 Å². The lowest BCUT2D eigenvalue weighted by atomic mass is 10.1. The summed E-state index contributed by atoms with van der Waals surface area (Å²) in [4.78, 5) is 15.3. The molecule has 0 unspecified atom stereocenters. The maximum Gasteiger partial charge on any atom is 0.216 e. The van der Waals surface area contributed by atoms with Crippen molar-refractivity contribution in [2.45, 2.75) is 20.5 Å². The van der Waals surface area contributed by atoms with Gasteiger partial charge in [-0.25, -0.2) is 9.37 Å². The van der Waals surface area contributed by atoms with Crippen molar-refractivity contribution in [1.29, 1.82) is 0 Å². The summed E-state index contributed by atoms with van der Waals surface area (Å²) in [5, 5.41) is 0. The lowest BCUT2D eigenvalue weighted by molar-refractivity contribution is 0.101. The van der Waals surface area contributed by atoms with E-state index in [4.69, 9.17) is 4.74 Å². The number of rotatable bonds is 4. The Hall–Kier alpha value is -2.23. The third kappa shape index (κ3) is 3.37. The smallest absolute Gasteiger partial charge is 0.216 e. The molecule has 0 aliphatic heterocycles. The number of hydrogen-bond acceptors (Lipinski definition) is 3. The average molecular weight is 259 g/mol. The highest BCUT2D eigenvalue weighted by atomic mass is 19.1. The highest BCUT2D eigenvalue weighted by molar-refractivity contribution is 5.93. The normalized spacial score (nSPS) is 10.3. The maximum atomic E-state index is 12.7. The van der Waals surface area contributed by atoms with E-state index in [0.29, 0.717) is 18.1 Å². The molecule has 19 heavy (non-hydrogen) atoms. The summed E-state index contributed by atoms with van der Waals surface area (Å²) in [6.07, 6.45) is 1.50. The number of pyridine rings is 1. The van der Waals surface area contributed by atoms with Crippen molar-refractivity contribution in [2.75, 3.05) is 0 Å². The monoisotopic (exact) mass is 259 g/mol. The largest absolute Gasteiger partial charge is 0.473 e. The van der Waals surface area contributed by atoms with Gasteiger partial charge in [0.05, 0.1) is 0 Å². The number of carbonyl (C=O) groups excluding carboxylic acids is 1. The van der Waals surface area contributed by atoms with E-state index < -0.39 is 0 Å². The predicted octanol–water partition coefficient (Wildman–Crippen LogP) is 3.31. The molecule has 1 aromatic carbocycles. The molecule has 0 amide bonds. The number of ether oxygens (including phenoxy) is 1. The third-order valence-electron chi connectivity index (χ3n) is 2.73. The van der Waals surface area contributed by atoms with Gasteiger partial charge in [0.1, 0.15) is 12.4 Å². The van der Waals surface area contributed by atoms with Crippen LogP contribution in [-0.4, -0.2) is 10.8 Å². The molecule has 1 aromatic heterocycles. The summed E-state index contributed by atoms with van der Waals surface area (Å²) in [5.41, 5.74) is 2.22. The van der Waals surface area contributed by atoms with Gasteiger partial charge in [-0.3, -0.25) is 4.79 Å². The summed E-state index contributed by atoms with van der Waals surface area (Å²) in [7, 11) is 0. The van der Waals surface area contributed by atoms with Crippen LogP contribution in [0.4, 0.5) is 4.39 Å². The van der Waals surface area contributed by atoms with E-state index in [1.54, 1.807) is 18.2 Å². The van der Waals surface area contributed by atoms with Gasteiger partial charge in [0.15, 0.2) is 5.78 Å². The first-order chi connectivity index (χ1) is 9.06. The van der Waals surface area contributed by atoms with Crippen LogP contribution in [0.25, 0.3) is 0 Å². The van der Waals surface area contributed by atoms with Crippen LogP contribution < -0.4 is 4.74 Å². The minimum Gasteiger partial charge on any atom is -0.473 e. The number of aryl methyl sites for hydroxylation is 1. The Balaban J connectivity index is 2.07. The zero-order valence-corrected chi connectivity index (χ0v) is 10.8. The standard InChI is InChI=1S/C15H14FNO2/c1-10-7-13(11(2)18)8-17-15(10)19-9-12-3-5-14(16)6-4-12/h3-8H,9H2,1-2H3. The Kier molecular flexibility index (Phi) is 3.90. The van der Waals surface area contributed by atoms with E-state index in [1.807, 2.05) is 6.92 Å². The van der Waals surface area contributed by atoms with E-state index in [-0.39, 0.29) is 11.6 Å². The molecule has 0 radical (unpaired) electrons. The molecular weight excluding hydrogens is 245 g/mol. The van der Waals surface area contributed by atoms with Gasteiger partial charge in [-0.2, -0.15) is 0 Å². The quantitative estimate of drug-likeness (QED) is 0.791. The fourth-order valence-corrected chi connectivity index (χ4v) is 1.64. The SMILES string of the molecule is CC(=O)c1cnc(OCc2ccc(F)cc2)c(C)c1. The molecule has 0 aliphatic carbocycles. The van der Waals surface area contributed by atoms with Crippen molar-refractivity contribution in [1.82, 2.24) is 4.98 Å². The molecule has 0 spiro atoms. The molecule has 0 atom stereocenters. The van der Waals surface area contributed by atoms with Crippen molar-refractivity contribution in [3.8, 4) is 5.88 Å². The third-order valence-corrected chi connectivity index (χ3v) is 2.73. The maximum absolute atomic E-state index is 12.7. The number of nitrogens with zero attached hydrogens (tertiary/aromatic N) is 1. The second-order valence-electron chi connectivity index (χ2n) is 4.32. The summed E-state index contributed by atoms with van der Waals surface area (Å²) in [6.45, 7) is 3.64. The molecule has 2 rings (SSSR count). The first kappa shape index (κ1) is 13.2. The fourth-order valence-electron chi connectivity index (χ4n) is 1.64. The van der Waals surface area contributed by atoms with Crippen molar-refractivity contribution in [3.05, 3.63) is 59.0 Å². The fraction of sp³-hybridized carbons (Fsp3) is 0.200. The Bertz CT molecular complexity index is 594. The van der Waals surface area contributed by atoms with Crippen LogP contribution in [-0.2, 0) is 6.61 Å². The molecule has 0 saturated heterocycles. The number of aromatic nitrogens is 1. The molecule has 0 fully saturated rings. The number of Topliss-reactive ketones (excluding diaryl/α,β-unsaturated/α-hetero) is 1. The van der Waals surface area contributed by atoms with E-state index in [9.17, 15) is 9.18 Å². The van der Waals surface area contributed by atoms with Crippen LogP contribution in [0.5, 0.6) is 5.88 Å². The Morgan fingerprint density at radius 2 is 2.00 bits per heavy atom. The van der Waals surface area contributed by atoms with Crippen LogP contribution in [0.1, 0.15) is 28.4 Å². The number of benzene rings is 1. The van der Waals surface area contributed by atoms with E-state index in [2.05, 4.69) is 4.98 Å². The zero-order chi connectivity index (χ0) is 13.8. The number of halogens is 1. The topological polar surface area (TPSA) is 39.2 Å². The van der Waals surface area contributed by atoms with Gasteiger partial charge in [0.25, 0.3) is 0 Å². The van der Waals surface area contributed by atoms with Gasteiger partial charge in [-0.15, -0.1) is 0 Å². The van der Waals surface area contributed by atoms with E-state index >= 15 is 0 Å². The minimum absolute atomic E-state index is 0.0271. The van der Waals surface area contributed by atoms with Gasteiger partial charge in [0.2, 0.25) is 5.88 Å². The lowest BCUT2D eigenvalue weighted by Gasteiger charge is -2.08. The number of ketones is 1. The summed E-state index contributed by atoms with van der Waals surface area (Å²) in [5.74, 6) is 0.180. The molecule has 0 aliphatic rings. The van der Waals surface area contributed by atoms with Crippen LogP contribution in [0.15, 0.2) is 36.5 Å². The predicted molar refractivity (Wildman–Crippen MR) is 69.7 cm³/mol. The molecule has 1 heterocycles. The van der Waals surface area contributed by atoms with Crippen molar-refractivity contribution in [2.24, 2.45) is 0 Å². The molecule has 3 nitrogen and oxygen atoms in total. The van der Waals surface area contributed by atoms with Crippen LogP contribution in [0.2, 0.25) is 0 Å². The Morgan fingerprint density at radius 3 is 2.58 bits per heavy atom. The second-order valence-corrected chi connectivity index (χ2v) is 4.32. The van der Waals surface area contributed by atoms with Crippen LogP contribution in [0, 0.1) is 12.7 Å². The van der Waals surface area contributed by atoms with Gasteiger partial charge in [0, 0.05) is 17.3 Å². The Morgan fingerprint density at radius 1 is 1.32 bits per heavy atom. The minimum atomic E-state index is -0.274. The van der Waals surface area contributed by atoms with Crippen LogP contribution in [0.3, 0.4) is 0 Å². The molecule has 4 heteroatoms. The highest BCUT2D eigenvalue weighted by Gasteiger charge is 2.06. The van der Waals surface area contributed by atoms with Crippen molar-refractivity contribution >= 4 is 5.78 Å². The zero-order valence-electron chi connectivity index (χ0n) is 10.8. The highest BCUT2D eigenvalue weighted by Crippen LogP contribution is 2.17. The van der Waals surface area contributed by atoms with Crippen LogP contribution >= 0.6 is 0 Å². The molecule has 2 aromatic rings. The molecular formula is C15H14FNO2. The average Bonchev–Trinajstić information content (AvgIpc) is 2.39. The van der Waals surface area contributed by atoms with E-state index in [1.165, 1.54) is 25.3 Å². The molecule has 0 bridgehead atoms. The molecule has 0 saturated carbocycles. The van der Waals surface area contributed by atoms with Gasteiger partial charge in [-0.05, 0) is 37.6 Å². The number of hydrogen-bond donors (Lipinski definition) is 0. The number of carbonyl (C=O) groups is 1. The summed E-state index contributed by atoms with van der Waals surface area (Å²) >= 11 is 0. The van der Waals surface area contributed by atoms with Crippen molar-refractivity contribution < 1.29 is 13.9 Å². The van der Waals surface area contributed by atoms with Gasteiger partial charge >= 0.3 is 0 Å². The summed E-state index contributed by atoms with van der Waals surface area (Å²) in [6, 6.07) is 7.84. The lowest BCUT2D eigenvalue weighted by Crippen LogP contribution is -2.01. The summed E-state index contributed by atoms with van der Waals surface area (Å²) < 4.78 is 18.3. The first-order valence-electron chi connectivity index (χ1n) is 5.91. The van der Waals surface area contributed by atoms with Gasteiger partial charge in [-0.1, -0.05) is 12.1 Å². The molecule has 0 N–H and O–H groups in total.